The molecule has 2 aromatic rings. The normalized spacial score (nSPS) is 12.8. The highest BCUT2D eigenvalue weighted by Gasteiger charge is 2.13. The van der Waals surface area contributed by atoms with Crippen LogP contribution in [0.25, 0.3) is 0 Å². The van der Waals surface area contributed by atoms with Crippen molar-refractivity contribution in [2.24, 2.45) is 5.73 Å². The summed E-state index contributed by atoms with van der Waals surface area (Å²) >= 11 is 0. The molecule has 0 saturated heterocycles. The number of nitrogens with two attached hydrogens (primary N) is 1. The lowest BCUT2D eigenvalue weighted by Crippen LogP contribution is -2.11. The molecule has 3 nitrogen and oxygen atoms in total. The van der Waals surface area contributed by atoms with Crippen LogP contribution in [0.2, 0.25) is 0 Å². The van der Waals surface area contributed by atoms with Gasteiger partial charge in [-0.1, -0.05) is 57.2 Å². The summed E-state index contributed by atoms with van der Waals surface area (Å²) in [5.41, 5.74) is 9.03. The van der Waals surface area contributed by atoms with Crippen LogP contribution in [0.4, 0.5) is 0 Å². The molecule has 0 aliphatic rings. The molecule has 23 heavy (non-hydrogen) atoms. The third-order valence-corrected chi connectivity index (χ3v) is 5.00. The first-order chi connectivity index (χ1) is 10.8. The molecule has 0 aliphatic carbocycles. The molecule has 4 heteroatoms. The van der Waals surface area contributed by atoms with Gasteiger partial charge in [-0.3, -0.25) is 9.00 Å². The van der Waals surface area contributed by atoms with Gasteiger partial charge >= 0.3 is 0 Å². The highest BCUT2D eigenvalue weighted by molar-refractivity contribution is 7.83. The minimum Gasteiger partial charge on any atom is -0.366 e. The van der Waals surface area contributed by atoms with Crippen molar-refractivity contribution in [1.82, 2.24) is 0 Å². The molecule has 0 heterocycles. The van der Waals surface area contributed by atoms with Crippen molar-refractivity contribution < 1.29 is 9.00 Å². The van der Waals surface area contributed by atoms with Crippen LogP contribution in [0.15, 0.2) is 48.5 Å². The lowest BCUT2D eigenvalue weighted by Gasteiger charge is -2.19. The molecule has 0 unspecified atom stereocenters. The predicted octanol–water partition coefficient (Wildman–Crippen LogP) is 3.53. The summed E-state index contributed by atoms with van der Waals surface area (Å²) < 4.78 is 12.3. The van der Waals surface area contributed by atoms with Crippen LogP contribution in [0.3, 0.4) is 0 Å². The Morgan fingerprint density at radius 3 is 2.17 bits per heavy atom. The van der Waals surface area contributed by atoms with Gasteiger partial charge in [-0.15, -0.1) is 0 Å². The first-order valence-electron chi connectivity index (χ1n) is 7.59. The maximum atomic E-state index is 12.3. The van der Waals surface area contributed by atoms with E-state index in [-0.39, 0.29) is 5.41 Å². The first-order valence-corrected chi connectivity index (χ1v) is 9.07. The van der Waals surface area contributed by atoms with Crippen molar-refractivity contribution in [1.29, 1.82) is 0 Å². The van der Waals surface area contributed by atoms with Gasteiger partial charge in [0.1, 0.15) is 0 Å². The molecule has 0 spiro atoms. The summed E-state index contributed by atoms with van der Waals surface area (Å²) in [4.78, 5) is 11.2. The average Bonchev–Trinajstić information content (AvgIpc) is 2.47. The first kappa shape index (κ1) is 17.4. The minimum atomic E-state index is -1.02. The van der Waals surface area contributed by atoms with Crippen LogP contribution in [0.5, 0.6) is 0 Å². The highest BCUT2D eigenvalue weighted by Crippen LogP contribution is 2.22. The zero-order chi connectivity index (χ0) is 17.0. The number of benzene rings is 2. The molecule has 0 bridgehead atoms. The average molecular weight is 329 g/mol. The Morgan fingerprint density at radius 2 is 1.61 bits per heavy atom. The van der Waals surface area contributed by atoms with E-state index in [2.05, 4.69) is 32.9 Å². The van der Waals surface area contributed by atoms with Crippen LogP contribution >= 0.6 is 0 Å². The van der Waals surface area contributed by atoms with Crippen molar-refractivity contribution >= 4 is 16.7 Å². The van der Waals surface area contributed by atoms with E-state index < -0.39 is 16.7 Å². The molecular formula is C19H23NO2S. The van der Waals surface area contributed by atoms with Gasteiger partial charge in [0.25, 0.3) is 0 Å². The van der Waals surface area contributed by atoms with Crippen molar-refractivity contribution in [3.05, 3.63) is 70.8 Å². The van der Waals surface area contributed by atoms with Crippen LogP contribution in [0, 0.1) is 0 Å². The number of primary amides is 1. The lowest BCUT2D eigenvalue weighted by atomic mass is 9.87. The van der Waals surface area contributed by atoms with Gasteiger partial charge in [0.2, 0.25) is 5.91 Å². The third-order valence-electron chi connectivity index (χ3n) is 3.69. The Hall–Kier alpha value is -1.94. The largest absolute Gasteiger partial charge is 0.366 e. The number of rotatable bonds is 5. The molecule has 0 radical (unpaired) electrons. The fraction of sp³-hybridized carbons (Fsp3) is 0.316. The maximum absolute atomic E-state index is 12.3. The fourth-order valence-electron chi connectivity index (χ4n) is 2.34. The summed E-state index contributed by atoms with van der Waals surface area (Å²) in [6.45, 7) is 6.52. The number of hydrogen-bond donors (Lipinski definition) is 1. The molecule has 122 valence electrons. The molecule has 2 aromatic carbocycles. The Labute approximate surface area is 140 Å². The molecule has 1 amide bonds. The SMILES string of the molecule is CC(C)(C)c1ccc(C[S@](=O)Cc2cccc(C(N)=O)c2)cc1. The topological polar surface area (TPSA) is 60.2 Å². The van der Waals surface area contributed by atoms with Crippen LogP contribution < -0.4 is 5.73 Å². The van der Waals surface area contributed by atoms with Crippen LogP contribution in [-0.4, -0.2) is 10.1 Å². The molecule has 0 aliphatic heterocycles. The fourth-order valence-corrected chi connectivity index (χ4v) is 3.56. The van der Waals surface area contributed by atoms with Crippen molar-refractivity contribution in [2.45, 2.75) is 37.7 Å². The molecule has 2 rings (SSSR count). The maximum Gasteiger partial charge on any atom is 0.248 e. The Balaban J connectivity index is 2.02. The Bertz CT molecular complexity index is 715. The van der Waals surface area contributed by atoms with E-state index in [1.54, 1.807) is 18.2 Å². The predicted molar refractivity (Wildman–Crippen MR) is 95.7 cm³/mol. The standard InChI is InChI=1S/C19H23NO2S/c1-19(2,3)17-9-7-14(8-10-17)12-23(22)13-15-5-4-6-16(11-15)18(20)21/h4-11H,12-13H2,1-3H3,(H2,20,21)/t23-/m0/s1. The second kappa shape index (κ2) is 7.09. The summed E-state index contributed by atoms with van der Waals surface area (Å²) in [7, 11) is -1.02. The second-order valence-electron chi connectivity index (χ2n) is 6.74. The van der Waals surface area contributed by atoms with Gasteiger partial charge < -0.3 is 5.73 Å². The summed E-state index contributed by atoms with van der Waals surface area (Å²) in [6, 6.07) is 15.3. The molecule has 1 atom stereocenters. The number of carbonyl (C=O) groups excluding carboxylic acids is 1. The van der Waals surface area contributed by atoms with E-state index in [0.717, 1.165) is 11.1 Å². The van der Waals surface area contributed by atoms with Gasteiger partial charge in [0, 0.05) is 27.9 Å². The van der Waals surface area contributed by atoms with Gasteiger partial charge in [0.15, 0.2) is 0 Å². The van der Waals surface area contributed by atoms with Crippen molar-refractivity contribution in [2.75, 3.05) is 0 Å². The summed E-state index contributed by atoms with van der Waals surface area (Å²) in [6.07, 6.45) is 0. The molecule has 0 fully saturated rings. The third kappa shape index (κ3) is 5.03. The number of carbonyl (C=O) groups is 1. The zero-order valence-corrected chi connectivity index (χ0v) is 14.7. The molecule has 0 aromatic heterocycles. The highest BCUT2D eigenvalue weighted by atomic mass is 32.2. The second-order valence-corrected chi connectivity index (χ2v) is 8.20. The quantitative estimate of drug-likeness (QED) is 0.912. The van der Waals surface area contributed by atoms with E-state index >= 15 is 0 Å². The zero-order valence-electron chi connectivity index (χ0n) is 13.8. The van der Waals surface area contributed by atoms with Gasteiger partial charge in [-0.2, -0.15) is 0 Å². The van der Waals surface area contributed by atoms with Crippen LogP contribution in [-0.2, 0) is 27.7 Å². The van der Waals surface area contributed by atoms with E-state index in [9.17, 15) is 9.00 Å². The molecule has 0 saturated carbocycles. The Kier molecular flexibility index (Phi) is 5.37. The van der Waals surface area contributed by atoms with E-state index in [0.29, 0.717) is 17.1 Å². The van der Waals surface area contributed by atoms with Gasteiger partial charge in [0.05, 0.1) is 0 Å². The molecule has 2 N–H and O–H groups in total. The summed E-state index contributed by atoms with van der Waals surface area (Å²) in [5, 5.41) is 0. The van der Waals surface area contributed by atoms with Crippen molar-refractivity contribution in [3.8, 4) is 0 Å². The summed E-state index contributed by atoms with van der Waals surface area (Å²) in [5.74, 6) is 0.461. The van der Waals surface area contributed by atoms with E-state index in [1.165, 1.54) is 5.56 Å². The van der Waals surface area contributed by atoms with Crippen LogP contribution in [0.1, 0.15) is 47.8 Å². The lowest BCUT2D eigenvalue weighted by molar-refractivity contribution is 0.1000. The van der Waals surface area contributed by atoms with Crippen molar-refractivity contribution in [3.63, 3.8) is 0 Å². The monoisotopic (exact) mass is 329 g/mol. The minimum absolute atomic E-state index is 0.118. The Morgan fingerprint density at radius 1 is 1.00 bits per heavy atom. The van der Waals surface area contributed by atoms with E-state index in [4.69, 9.17) is 5.73 Å². The number of hydrogen-bond acceptors (Lipinski definition) is 2. The smallest absolute Gasteiger partial charge is 0.248 e. The van der Waals surface area contributed by atoms with E-state index in [1.807, 2.05) is 18.2 Å². The van der Waals surface area contributed by atoms with Gasteiger partial charge in [-0.05, 0) is 34.2 Å². The number of amides is 1. The molecular weight excluding hydrogens is 306 g/mol. The van der Waals surface area contributed by atoms with Gasteiger partial charge in [-0.25, -0.2) is 0 Å².